The number of piperidine rings is 2. The molecule has 4 saturated heterocycles. The number of pyridine rings is 1. The van der Waals surface area contributed by atoms with Gasteiger partial charge in [-0.15, -0.1) is 10.2 Å². The predicted molar refractivity (Wildman–Crippen MR) is 229 cm³/mol. The number of anilines is 3. The number of ether oxygens (including phenoxy) is 1. The summed E-state index contributed by atoms with van der Waals surface area (Å²) < 4.78 is 40.2. The molecule has 17 heteroatoms. The molecule has 5 aromatic rings. The summed E-state index contributed by atoms with van der Waals surface area (Å²) in [7, 11) is 0. The van der Waals surface area contributed by atoms with E-state index in [4.69, 9.17) is 15.5 Å². The van der Waals surface area contributed by atoms with Crippen molar-refractivity contribution < 1.29 is 33.0 Å². The number of rotatable bonds is 8. The SMILES string of the molecule is Cc1cn(C2CCN(C[C@H]3CCN(C(=O)c4ccc([C@@H]5CN(c6cc(-c7ccccc7O)nnc6N)C[C@H](C)O5)cc4)CC3(F)F)CC2)c2ncc(N3CCC(=O)NC3=O)cc12. The fourth-order valence-corrected chi connectivity index (χ4v) is 9.42. The van der Waals surface area contributed by atoms with Crippen LogP contribution < -0.4 is 20.9 Å². The van der Waals surface area contributed by atoms with E-state index in [-0.39, 0.29) is 61.7 Å². The fraction of sp³-hybridized carbons (Fsp3) is 0.422. The van der Waals surface area contributed by atoms with Crippen LogP contribution in [0.25, 0.3) is 22.3 Å². The maximum Gasteiger partial charge on any atom is 0.328 e. The molecule has 3 aromatic heterocycles. The number of likely N-dealkylation sites (tertiary alicyclic amines) is 2. The molecule has 0 aliphatic carbocycles. The number of carbonyl (C=O) groups is 3. The molecule has 0 unspecified atom stereocenters. The largest absolute Gasteiger partial charge is 0.507 e. The Morgan fingerprint density at radius 1 is 1.00 bits per heavy atom. The zero-order valence-corrected chi connectivity index (χ0v) is 34.7. The maximum absolute atomic E-state index is 15.8. The molecular formula is C45H50F2N10O5. The number of aromatic hydroxyl groups is 1. The molecule has 3 atom stereocenters. The van der Waals surface area contributed by atoms with Crippen LogP contribution in [0.15, 0.2) is 73.1 Å². The second kappa shape index (κ2) is 16.6. The molecular weight excluding hydrogens is 799 g/mol. The van der Waals surface area contributed by atoms with Gasteiger partial charge in [-0.2, -0.15) is 0 Å². The summed E-state index contributed by atoms with van der Waals surface area (Å²) >= 11 is 0. The summed E-state index contributed by atoms with van der Waals surface area (Å²) in [6.07, 6.45) is 5.19. The van der Waals surface area contributed by atoms with Gasteiger partial charge in [0.1, 0.15) is 17.5 Å². The third-order valence-corrected chi connectivity index (χ3v) is 12.8. The minimum atomic E-state index is -3.04. The minimum Gasteiger partial charge on any atom is -0.507 e. The predicted octanol–water partition coefficient (Wildman–Crippen LogP) is 5.94. The van der Waals surface area contributed by atoms with Gasteiger partial charge in [-0.05, 0) is 80.6 Å². The third kappa shape index (κ3) is 8.13. The fourth-order valence-electron chi connectivity index (χ4n) is 9.42. The number of fused-ring (bicyclic) bond motifs is 1. The molecule has 4 aliphatic rings. The van der Waals surface area contributed by atoms with E-state index in [9.17, 15) is 19.5 Å². The maximum atomic E-state index is 15.8. The molecule has 4 fully saturated rings. The van der Waals surface area contributed by atoms with E-state index in [0.29, 0.717) is 60.9 Å². The topological polar surface area (TPSA) is 175 Å². The lowest BCUT2D eigenvalue weighted by molar-refractivity contribution is -0.120. The Balaban J connectivity index is 0.791. The summed E-state index contributed by atoms with van der Waals surface area (Å²) in [6.45, 7) is 6.46. The number of nitrogens with one attached hydrogen (secondary N) is 1. The molecule has 62 heavy (non-hydrogen) atoms. The second-order valence-corrected chi connectivity index (χ2v) is 17.0. The quantitative estimate of drug-likeness (QED) is 0.169. The average molecular weight is 849 g/mol. The zero-order chi connectivity index (χ0) is 43.3. The summed E-state index contributed by atoms with van der Waals surface area (Å²) in [5, 5.41) is 22.1. The Morgan fingerprint density at radius 2 is 1.77 bits per heavy atom. The average Bonchev–Trinajstić information content (AvgIpc) is 3.59. The molecule has 324 valence electrons. The van der Waals surface area contributed by atoms with Crippen LogP contribution in [0.2, 0.25) is 0 Å². The lowest BCUT2D eigenvalue weighted by atomic mass is 9.90. The molecule has 0 bridgehead atoms. The standard InChI is InChI=1S/C45H50F2N10O5/c1-27-22-57(42-35(27)19-33(21-49-42)56-18-14-40(59)50-44(56)61)32-12-15-53(16-13-32)24-31-11-17-54(26-45(31,46)47)43(60)30-9-7-29(8-10-30)39-25-55(23-28(2)62-39)37-20-36(51-52-41(37)48)34-5-3-4-6-38(34)58/h3-10,19-22,28,31-32,39,58H,11-18,23-26H2,1-2H3,(H2,48,52)(H,50,59,61)/t28-,31+,39-/m0/s1. The minimum absolute atomic E-state index is 0.0861. The highest BCUT2D eigenvalue weighted by Gasteiger charge is 2.46. The van der Waals surface area contributed by atoms with E-state index in [1.807, 2.05) is 44.2 Å². The summed E-state index contributed by atoms with van der Waals surface area (Å²) in [5.74, 6) is -4.29. The van der Waals surface area contributed by atoms with Crippen LogP contribution in [0.3, 0.4) is 0 Å². The van der Waals surface area contributed by atoms with Gasteiger partial charge in [-0.1, -0.05) is 24.3 Å². The number of urea groups is 1. The van der Waals surface area contributed by atoms with E-state index >= 15 is 8.78 Å². The molecule has 0 saturated carbocycles. The zero-order valence-electron chi connectivity index (χ0n) is 34.7. The van der Waals surface area contributed by atoms with Crippen molar-refractivity contribution >= 4 is 46.1 Å². The Labute approximate surface area is 357 Å². The number of amides is 4. The molecule has 7 heterocycles. The van der Waals surface area contributed by atoms with E-state index in [2.05, 4.69) is 36.1 Å². The number of morpholine rings is 1. The number of hydrogen-bond acceptors (Lipinski definition) is 11. The van der Waals surface area contributed by atoms with Crippen molar-refractivity contribution in [1.29, 1.82) is 0 Å². The number of para-hydroxylation sites is 1. The number of nitrogens with zero attached hydrogens (tertiary/aromatic N) is 8. The van der Waals surface area contributed by atoms with Gasteiger partial charge < -0.3 is 34.8 Å². The highest BCUT2D eigenvalue weighted by Crippen LogP contribution is 2.38. The first-order valence-corrected chi connectivity index (χ1v) is 21.2. The van der Waals surface area contributed by atoms with Crippen LogP contribution in [0.5, 0.6) is 5.75 Å². The second-order valence-electron chi connectivity index (χ2n) is 17.0. The highest BCUT2D eigenvalue weighted by molar-refractivity contribution is 6.06. The van der Waals surface area contributed by atoms with Crippen LogP contribution in [0, 0.1) is 12.8 Å². The first-order valence-electron chi connectivity index (χ1n) is 21.2. The number of alkyl halides is 2. The van der Waals surface area contributed by atoms with Crippen LogP contribution in [-0.4, -0.2) is 117 Å². The van der Waals surface area contributed by atoms with E-state index in [1.54, 1.807) is 36.5 Å². The number of carbonyl (C=O) groups excluding carboxylic acids is 3. The monoisotopic (exact) mass is 848 g/mol. The molecule has 0 radical (unpaired) electrons. The Morgan fingerprint density at radius 3 is 2.52 bits per heavy atom. The van der Waals surface area contributed by atoms with Crippen LogP contribution in [0.4, 0.5) is 30.8 Å². The number of hydrogen-bond donors (Lipinski definition) is 3. The lowest BCUT2D eigenvalue weighted by Gasteiger charge is -2.42. The van der Waals surface area contributed by atoms with Crippen LogP contribution in [0.1, 0.15) is 66.2 Å². The smallest absolute Gasteiger partial charge is 0.328 e. The van der Waals surface area contributed by atoms with E-state index in [1.165, 1.54) is 9.80 Å². The van der Waals surface area contributed by atoms with Gasteiger partial charge in [-0.3, -0.25) is 19.8 Å². The van der Waals surface area contributed by atoms with Gasteiger partial charge in [0.25, 0.3) is 11.8 Å². The summed E-state index contributed by atoms with van der Waals surface area (Å²) in [6, 6.07) is 17.3. The third-order valence-electron chi connectivity index (χ3n) is 12.8. The van der Waals surface area contributed by atoms with Crippen molar-refractivity contribution in [3.8, 4) is 17.0 Å². The normalized spacial score (nSPS) is 22.6. The summed E-state index contributed by atoms with van der Waals surface area (Å²) in [4.78, 5) is 49.4. The first-order chi connectivity index (χ1) is 29.8. The van der Waals surface area contributed by atoms with Crippen LogP contribution in [-0.2, 0) is 9.53 Å². The number of aryl methyl sites for hydroxylation is 1. The summed E-state index contributed by atoms with van der Waals surface area (Å²) in [5.41, 5.74) is 11.6. The molecule has 9 rings (SSSR count). The number of phenols is 1. The molecule has 2 aromatic carbocycles. The molecule has 4 amide bonds. The van der Waals surface area contributed by atoms with Gasteiger partial charge in [0, 0.05) is 86.9 Å². The number of imide groups is 1. The van der Waals surface area contributed by atoms with Crippen molar-refractivity contribution in [2.24, 2.45) is 5.92 Å². The number of phenolic OH excluding ortho intramolecular Hbond substituents is 1. The van der Waals surface area contributed by atoms with Crippen molar-refractivity contribution in [2.75, 3.05) is 67.9 Å². The number of aromatic nitrogens is 4. The number of halogens is 2. The van der Waals surface area contributed by atoms with Crippen LogP contribution >= 0.6 is 0 Å². The number of benzene rings is 2. The van der Waals surface area contributed by atoms with E-state index in [0.717, 1.165) is 35.0 Å². The Bertz CT molecular complexity index is 2510. The highest BCUT2D eigenvalue weighted by atomic mass is 19.3. The van der Waals surface area contributed by atoms with Crippen molar-refractivity contribution in [3.63, 3.8) is 0 Å². The lowest BCUT2D eigenvalue weighted by Crippen LogP contribution is -2.54. The van der Waals surface area contributed by atoms with Gasteiger partial charge >= 0.3 is 6.03 Å². The van der Waals surface area contributed by atoms with Gasteiger partial charge in [0.05, 0.1) is 35.9 Å². The van der Waals surface area contributed by atoms with Crippen molar-refractivity contribution in [2.45, 2.75) is 63.7 Å². The molecule has 4 N–H and O–H groups in total. The number of nitrogen functional groups attached to an aromatic ring is 1. The van der Waals surface area contributed by atoms with E-state index < -0.39 is 30.3 Å². The molecule has 4 aliphatic heterocycles. The van der Waals surface area contributed by atoms with Gasteiger partial charge in [-0.25, -0.2) is 18.6 Å². The Hall–Kier alpha value is -6.20. The number of nitrogens with two attached hydrogens (primary N) is 1. The van der Waals surface area contributed by atoms with Gasteiger partial charge in [0.15, 0.2) is 5.82 Å². The van der Waals surface area contributed by atoms with Crippen molar-refractivity contribution in [1.82, 2.24) is 34.9 Å². The molecule has 0 spiro atoms. The van der Waals surface area contributed by atoms with Crippen molar-refractivity contribution in [3.05, 3.63) is 89.7 Å². The molecule has 15 nitrogen and oxygen atoms in total. The van der Waals surface area contributed by atoms with Gasteiger partial charge in [0.2, 0.25) is 5.91 Å². The first kappa shape index (κ1) is 41.2. The Kier molecular flexibility index (Phi) is 11.0.